The monoisotopic (exact) mass is 392 g/mol. The first-order chi connectivity index (χ1) is 14.0. The van der Waals surface area contributed by atoms with E-state index in [1.54, 1.807) is 23.4 Å². The van der Waals surface area contributed by atoms with Gasteiger partial charge in [-0.15, -0.1) is 5.10 Å². The van der Waals surface area contributed by atoms with Crippen molar-refractivity contribution >= 4 is 11.9 Å². The standard InChI is InChI=1S/C19H16N6O4/c1-24-11-20-9-15(24)13-10-25(23-22-13)14-5-3-2-4-12(14)8-21-18(26)16-6-7-17(29-16)19(27)28/h2-7,9-11H,8H2,1H3,(H,21,26)(H,27,28). The summed E-state index contributed by atoms with van der Waals surface area (Å²) >= 11 is 0. The smallest absolute Gasteiger partial charge is 0.371 e. The number of carbonyl (C=O) groups excluding carboxylic acids is 1. The zero-order valence-electron chi connectivity index (χ0n) is 15.3. The first-order valence-corrected chi connectivity index (χ1v) is 8.61. The molecule has 0 saturated heterocycles. The molecule has 146 valence electrons. The molecule has 0 aliphatic carbocycles. The molecule has 0 spiro atoms. The molecular formula is C19H16N6O4. The van der Waals surface area contributed by atoms with Crippen LogP contribution in [-0.4, -0.2) is 41.5 Å². The molecule has 0 atom stereocenters. The zero-order chi connectivity index (χ0) is 20.4. The van der Waals surface area contributed by atoms with Gasteiger partial charge < -0.3 is 19.4 Å². The Morgan fingerprint density at radius 1 is 1.17 bits per heavy atom. The molecule has 10 nitrogen and oxygen atoms in total. The van der Waals surface area contributed by atoms with Crippen molar-refractivity contribution in [2.45, 2.75) is 6.54 Å². The van der Waals surface area contributed by atoms with Gasteiger partial charge in [-0.3, -0.25) is 4.79 Å². The minimum atomic E-state index is -1.23. The first-order valence-electron chi connectivity index (χ1n) is 8.61. The molecule has 0 saturated carbocycles. The molecule has 0 radical (unpaired) electrons. The van der Waals surface area contributed by atoms with Gasteiger partial charge >= 0.3 is 5.97 Å². The van der Waals surface area contributed by atoms with Crippen molar-refractivity contribution in [2.24, 2.45) is 7.05 Å². The normalized spacial score (nSPS) is 10.8. The number of carbonyl (C=O) groups is 2. The number of aryl methyl sites for hydroxylation is 1. The molecule has 3 heterocycles. The maximum absolute atomic E-state index is 12.3. The number of nitrogens with zero attached hydrogens (tertiary/aromatic N) is 5. The van der Waals surface area contributed by atoms with Crippen LogP contribution in [0.5, 0.6) is 0 Å². The van der Waals surface area contributed by atoms with E-state index in [0.717, 1.165) is 16.9 Å². The summed E-state index contributed by atoms with van der Waals surface area (Å²) in [7, 11) is 1.87. The van der Waals surface area contributed by atoms with Crippen LogP contribution < -0.4 is 5.32 Å². The number of carboxylic acids is 1. The van der Waals surface area contributed by atoms with Gasteiger partial charge in [-0.1, -0.05) is 23.4 Å². The highest BCUT2D eigenvalue weighted by atomic mass is 16.4. The summed E-state index contributed by atoms with van der Waals surface area (Å²) < 4.78 is 8.49. The van der Waals surface area contributed by atoms with Crippen molar-refractivity contribution in [3.63, 3.8) is 0 Å². The summed E-state index contributed by atoms with van der Waals surface area (Å²) in [6.07, 6.45) is 5.17. The molecular weight excluding hydrogens is 376 g/mol. The molecule has 29 heavy (non-hydrogen) atoms. The van der Waals surface area contributed by atoms with Crippen LogP contribution >= 0.6 is 0 Å². The molecule has 0 bridgehead atoms. The third-order valence-electron chi connectivity index (χ3n) is 4.29. The summed E-state index contributed by atoms with van der Waals surface area (Å²) in [6.45, 7) is 0.193. The quantitative estimate of drug-likeness (QED) is 0.513. The van der Waals surface area contributed by atoms with Crippen molar-refractivity contribution in [3.8, 4) is 17.1 Å². The molecule has 1 aromatic carbocycles. The van der Waals surface area contributed by atoms with Crippen LogP contribution in [0, 0.1) is 0 Å². The van der Waals surface area contributed by atoms with E-state index in [-0.39, 0.29) is 18.1 Å². The van der Waals surface area contributed by atoms with Gasteiger partial charge in [-0.25, -0.2) is 14.5 Å². The predicted molar refractivity (Wildman–Crippen MR) is 100 cm³/mol. The van der Waals surface area contributed by atoms with Crippen LogP contribution in [0.1, 0.15) is 26.7 Å². The van der Waals surface area contributed by atoms with Gasteiger partial charge in [-0.05, 0) is 23.8 Å². The van der Waals surface area contributed by atoms with Gasteiger partial charge in [0, 0.05) is 13.6 Å². The fourth-order valence-electron chi connectivity index (χ4n) is 2.82. The summed E-state index contributed by atoms with van der Waals surface area (Å²) in [5, 5.41) is 20.0. The van der Waals surface area contributed by atoms with Crippen molar-refractivity contribution in [3.05, 3.63) is 72.2 Å². The highest BCUT2D eigenvalue weighted by Gasteiger charge is 2.16. The fourth-order valence-corrected chi connectivity index (χ4v) is 2.82. The minimum Gasteiger partial charge on any atom is -0.475 e. The summed E-state index contributed by atoms with van der Waals surface area (Å²) in [5.41, 5.74) is 3.04. The van der Waals surface area contributed by atoms with Crippen LogP contribution in [0.3, 0.4) is 0 Å². The summed E-state index contributed by atoms with van der Waals surface area (Å²) in [5.74, 6) is -2.11. The van der Waals surface area contributed by atoms with E-state index in [9.17, 15) is 9.59 Å². The van der Waals surface area contributed by atoms with Crippen LogP contribution in [0.2, 0.25) is 0 Å². The van der Waals surface area contributed by atoms with Gasteiger partial charge in [0.1, 0.15) is 5.69 Å². The highest BCUT2D eigenvalue weighted by molar-refractivity contribution is 5.93. The second-order valence-corrected chi connectivity index (χ2v) is 6.22. The lowest BCUT2D eigenvalue weighted by Crippen LogP contribution is -2.23. The molecule has 10 heteroatoms. The largest absolute Gasteiger partial charge is 0.475 e. The lowest BCUT2D eigenvalue weighted by atomic mass is 10.1. The molecule has 0 unspecified atom stereocenters. The molecule has 2 N–H and O–H groups in total. The Morgan fingerprint density at radius 2 is 1.97 bits per heavy atom. The van der Waals surface area contributed by atoms with Crippen LogP contribution in [-0.2, 0) is 13.6 Å². The Hall–Kier alpha value is -4.21. The molecule has 0 fully saturated rings. The number of aromatic carboxylic acids is 1. The topological polar surface area (TPSA) is 128 Å². The maximum atomic E-state index is 12.3. The van der Waals surface area contributed by atoms with E-state index in [2.05, 4.69) is 20.6 Å². The third kappa shape index (κ3) is 3.63. The molecule has 0 aliphatic heterocycles. The van der Waals surface area contributed by atoms with Crippen molar-refractivity contribution in [2.75, 3.05) is 0 Å². The number of hydrogen-bond acceptors (Lipinski definition) is 6. The number of nitrogens with one attached hydrogen (secondary N) is 1. The first kappa shape index (κ1) is 18.2. The third-order valence-corrected chi connectivity index (χ3v) is 4.29. The van der Waals surface area contributed by atoms with Gasteiger partial charge in [0.2, 0.25) is 5.76 Å². The van der Waals surface area contributed by atoms with Gasteiger partial charge in [-0.2, -0.15) is 0 Å². The second kappa shape index (κ2) is 7.43. The number of amides is 1. The molecule has 1 amide bonds. The Morgan fingerprint density at radius 3 is 2.69 bits per heavy atom. The number of rotatable bonds is 6. The number of benzene rings is 1. The number of hydrogen-bond donors (Lipinski definition) is 2. The number of imidazole rings is 1. The Bertz CT molecular complexity index is 1190. The minimum absolute atomic E-state index is 0.0702. The summed E-state index contributed by atoms with van der Waals surface area (Å²) in [6, 6.07) is 9.98. The molecule has 3 aromatic heterocycles. The van der Waals surface area contributed by atoms with E-state index in [0.29, 0.717) is 5.69 Å². The van der Waals surface area contributed by atoms with Crippen molar-refractivity contribution in [1.82, 2.24) is 29.9 Å². The van der Waals surface area contributed by atoms with E-state index in [1.165, 1.54) is 12.1 Å². The van der Waals surface area contributed by atoms with Crippen molar-refractivity contribution < 1.29 is 19.1 Å². The molecule has 4 aromatic rings. The Kier molecular flexibility index (Phi) is 4.65. The van der Waals surface area contributed by atoms with Gasteiger partial charge in [0.15, 0.2) is 5.76 Å². The van der Waals surface area contributed by atoms with E-state index < -0.39 is 11.9 Å². The second-order valence-electron chi connectivity index (χ2n) is 6.22. The maximum Gasteiger partial charge on any atom is 0.371 e. The summed E-state index contributed by atoms with van der Waals surface area (Å²) in [4.78, 5) is 27.2. The Balaban J connectivity index is 1.53. The fraction of sp³-hybridized carbons (Fsp3) is 0.105. The molecule has 0 aliphatic rings. The average molecular weight is 392 g/mol. The Labute approximate surface area is 164 Å². The number of carboxylic acid groups (broad SMARTS) is 1. The van der Waals surface area contributed by atoms with E-state index in [1.807, 2.05) is 35.9 Å². The van der Waals surface area contributed by atoms with Gasteiger partial charge in [0.05, 0.1) is 30.1 Å². The SMILES string of the molecule is Cn1cncc1-c1cn(-c2ccccc2CNC(=O)c2ccc(C(=O)O)o2)nn1. The predicted octanol–water partition coefficient (Wildman–Crippen LogP) is 1.89. The number of para-hydroxylation sites is 1. The highest BCUT2D eigenvalue weighted by Crippen LogP contribution is 2.19. The van der Waals surface area contributed by atoms with Crippen LogP contribution in [0.15, 0.2) is 59.5 Å². The lowest BCUT2D eigenvalue weighted by molar-refractivity contribution is 0.0659. The molecule has 4 rings (SSSR count). The number of aromatic nitrogens is 5. The lowest BCUT2D eigenvalue weighted by Gasteiger charge is -2.09. The van der Waals surface area contributed by atoms with Crippen LogP contribution in [0.25, 0.3) is 17.1 Å². The number of furan rings is 1. The zero-order valence-corrected chi connectivity index (χ0v) is 15.3. The van der Waals surface area contributed by atoms with Gasteiger partial charge in [0.25, 0.3) is 5.91 Å². The van der Waals surface area contributed by atoms with Crippen molar-refractivity contribution in [1.29, 1.82) is 0 Å². The van der Waals surface area contributed by atoms with E-state index >= 15 is 0 Å². The van der Waals surface area contributed by atoms with E-state index in [4.69, 9.17) is 9.52 Å². The average Bonchev–Trinajstić information content (AvgIpc) is 3.46. The van der Waals surface area contributed by atoms with Crippen LogP contribution in [0.4, 0.5) is 0 Å².